The second-order valence-corrected chi connectivity index (χ2v) is 9.07. The summed E-state index contributed by atoms with van der Waals surface area (Å²) in [5.41, 5.74) is 0.380. The van der Waals surface area contributed by atoms with Gasteiger partial charge in [0.25, 0.3) is 5.91 Å². The fourth-order valence-corrected chi connectivity index (χ4v) is 6.63. The van der Waals surface area contributed by atoms with E-state index in [4.69, 9.17) is 0 Å². The van der Waals surface area contributed by atoms with Gasteiger partial charge in [-0.1, -0.05) is 0 Å². The molecule has 4 aliphatic rings. The van der Waals surface area contributed by atoms with E-state index in [1.54, 1.807) is 0 Å². The minimum absolute atomic E-state index is 0.0866. The Kier molecular flexibility index (Phi) is 3.38. The monoisotopic (exact) mass is 321 g/mol. The van der Waals surface area contributed by atoms with E-state index in [1.807, 2.05) is 11.4 Å². The molecule has 1 atom stereocenters. The first-order valence-corrected chi connectivity index (χ1v) is 9.45. The third-order valence-corrected chi connectivity index (χ3v) is 7.52. The van der Waals surface area contributed by atoms with Crippen LogP contribution < -0.4 is 5.32 Å². The van der Waals surface area contributed by atoms with E-state index in [2.05, 4.69) is 24.9 Å². The van der Waals surface area contributed by atoms with Crippen LogP contribution in [0.5, 0.6) is 0 Å². The smallest absolute Gasteiger partial charge is 0.261 e. The van der Waals surface area contributed by atoms with Crippen LogP contribution in [-0.2, 0) is 0 Å². The van der Waals surface area contributed by atoms with Gasteiger partial charge in [0.1, 0.15) is 0 Å². The van der Waals surface area contributed by atoms with E-state index in [1.165, 1.54) is 49.9 Å². The zero-order valence-electron chi connectivity index (χ0n) is 12.5. The van der Waals surface area contributed by atoms with Crippen molar-refractivity contribution in [2.75, 3.05) is 0 Å². The van der Waals surface area contributed by atoms with Gasteiger partial charge in [-0.3, -0.25) is 4.79 Å². The summed E-state index contributed by atoms with van der Waals surface area (Å²) in [6, 6.07) is 2.17. The first kappa shape index (κ1) is 14.1. The predicted octanol–water partition coefficient (Wildman–Crippen LogP) is 4.37. The Balaban J connectivity index is 1.50. The van der Waals surface area contributed by atoms with Gasteiger partial charge in [0.2, 0.25) is 0 Å². The van der Waals surface area contributed by atoms with Gasteiger partial charge in [-0.25, -0.2) is 0 Å². The lowest BCUT2D eigenvalue weighted by molar-refractivity contribution is -0.0687. The average molecular weight is 322 g/mol. The summed E-state index contributed by atoms with van der Waals surface area (Å²) < 4.78 is 0. The summed E-state index contributed by atoms with van der Waals surface area (Å²) in [4.78, 5) is 14.1. The molecule has 1 heterocycles. The first-order chi connectivity index (χ1) is 10.0. The normalized spacial score (nSPS) is 38.5. The molecule has 4 aliphatic carbocycles. The lowest BCUT2D eigenvalue weighted by Gasteiger charge is -2.59. The number of thiol groups is 1. The standard InChI is InChI=1S/C17H23NOS2/c1-10(18-16(19)15-5-14(20)9-21-15)17-6-11-2-12(7-17)4-13(3-11)8-17/h5,9-13,20H,2-4,6-8H2,1H3,(H,18,19). The average Bonchev–Trinajstić information content (AvgIpc) is 2.84. The van der Waals surface area contributed by atoms with E-state index in [-0.39, 0.29) is 5.91 Å². The number of rotatable bonds is 3. The van der Waals surface area contributed by atoms with Crippen LogP contribution in [0, 0.1) is 23.2 Å². The molecular formula is C17H23NOS2. The van der Waals surface area contributed by atoms with Crippen molar-refractivity contribution in [3.05, 3.63) is 16.3 Å². The Hall–Kier alpha value is -0.480. The molecule has 1 amide bonds. The second-order valence-electron chi connectivity index (χ2n) is 7.64. The Morgan fingerprint density at radius 2 is 1.86 bits per heavy atom. The van der Waals surface area contributed by atoms with Crippen LogP contribution in [-0.4, -0.2) is 11.9 Å². The van der Waals surface area contributed by atoms with Crippen molar-refractivity contribution in [3.63, 3.8) is 0 Å². The minimum atomic E-state index is 0.0866. The molecule has 4 heteroatoms. The molecule has 0 spiro atoms. The van der Waals surface area contributed by atoms with Gasteiger partial charge in [-0.2, -0.15) is 0 Å². The second kappa shape index (κ2) is 5.02. The van der Waals surface area contributed by atoms with E-state index in [0.717, 1.165) is 27.5 Å². The lowest BCUT2D eigenvalue weighted by Crippen LogP contribution is -2.55. The summed E-state index contributed by atoms with van der Waals surface area (Å²) in [5, 5.41) is 5.23. The van der Waals surface area contributed by atoms with Crippen LogP contribution in [0.25, 0.3) is 0 Å². The maximum Gasteiger partial charge on any atom is 0.261 e. The molecule has 5 rings (SSSR count). The Labute approximate surface area is 136 Å². The van der Waals surface area contributed by atoms with Gasteiger partial charge in [-0.15, -0.1) is 24.0 Å². The van der Waals surface area contributed by atoms with Gasteiger partial charge in [0.05, 0.1) is 4.88 Å². The third-order valence-electron chi connectivity index (χ3n) is 6.16. The predicted molar refractivity (Wildman–Crippen MR) is 89.1 cm³/mol. The molecule has 0 saturated heterocycles. The fourth-order valence-electron chi connectivity index (χ4n) is 5.57. The minimum Gasteiger partial charge on any atom is -0.348 e. The van der Waals surface area contributed by atoms with Gasteiger partial charge in [-0.05, 0) is 74.7 Å². The van der Waals surface area contributed by atoms with Gasteiger partial charge in [0, 0.05) is 16.3 Å². The van der Waals surface area contributed by atoms with Crippen LogP contribution in [0.3, 0.4) is 0 Å². The van der Waals surface area contributed by atoms with E-state index in [9.17, 15) is 4.79 Å². The fraction of sp³-hybridized carbons (Fsp3) is 0.706. The van der Waals surface area contributed by atoms with E-state index < -0.39 is 0 Å². The summed E-state index contributed by atoms with van der Waals surface area (Å²) in [6.45, 7) is 2.24. The molecular weight excluding hydrogens is 298 g/mol. The van der Waals surface area contributed by atoms with Crippen LogP contribution in [0.15, 0.2) is 16.3 Å². The molecule has 4 fully saturated rings. The van der Waals surface area contributed by atoms with Crippen molar-refractivity contribution in [1.29, 1.82) is 0 Å². The Morgan fingerprint density at radius 1 is 1.29 bits per heavy atom. The highest BCUT2D eigenvalue weighted by Gasteiger charge is 2.53. The first-order valence-electron chi connectivity index (χ1n) is 8.12. The number of nitrogens with one attached hydrogen (secondary N) is 1. The molecule has 4 bridgehead atoms. The molecule has 0 aliphatic heterocycles. The quantitative estimate of drug-likeness (QED) is 0.795. The summed E-state index contributed by atoms with van der Waals surface area (Å²) in [6.07, 6.45) is 8.36. The molecule has 0 radical (unpaired) electrons. The number of carbonyl (C=O) groups is 1. The SMILES string of the molecule is CC(NC(=O)c1cc(S)cs1)C12CC3CC(CC(C3)C1)C2. The summed E-state index contributed by atoms with van der Waals surface area (Å²) >= 11 is 5.78. The van der Waals surface area contributed by atoms with E-state index >= 15 is 0 Å². The number of amides is 1. The van der Waals surface area contributed by atoms with Crippen molar-refractivity contribution in [3.8, 4) is 0 Å². The van der Waals surface area contributed by atoms with Crippen molar-refractivity contribution >= 4 is 29.9 Å². The maximum atomic E-state index is 12.4. The van der Waals surface area contributed by atoms with Crippen molar-refractivity contribution < 1.29 is 4.79 Å². The number of thiophene rings is 1. The van der Waals surface area contributed by atoms with Crippen LogP contribution in [0.2, 0.25) is 0 Å². The van der Waals surface area contributed by atoms with Crippen molar-refractivity contribution in [2.24, 2.45) is 23.2 Å². The van der Waals surface area contributed by atoms with Gasteiger partial charge >= 0.3 is 0 Å². The highest BCUT2D eigenvalue weighted by atomic mass is 32.1. The molecule has 1 unspecified atom stereocenters. The van der Waals surface area contributed by atoms with Crippen molar-refractivity contribution in [1.82, 2.24) is 5.32 Å². The van der Waals surface area contributed by atoms with Crippen LogP contribution >= 0.6 is 24.0 Å². The van der Waals surface area contributed by atoms with Crippen LogP contribution in [0.1, 0.15) is 55.1 Å². The number of hydrogen-bond acceptors (Lipinski definition) is 3. The molecule has 114 valence electrons. The summed E-state index contributed by atoms with van der Waals surface area (Å²) in [5.74, 6) is 2.88. The molecule has 1 aromatic heterocycles. The number of carbonyl (C=O) groups excluding carboxylic acids is 1. The van der Waals surface area contributed by atoms with Crippen molar-refractivity contribution in [2.45, 2.75) is 56.4 Å². The zero-order valence-corrected chi connectivity index (χ0v) is 14.2. The lowest BCUT2D eigenvalue weighted by atomic mass is 9.48. The number of hydrogen-bond donors (Lipinski definition) is 2. The molecule has 2 nitrogen and oxygen atoms in total. The van der Waals surface area contributed by atoms with Crippen LogP contribution in [0.4, 0.5) is 0 Å². The van der Waals surface area contributed by atoms with Gasteiger partial charge in [0.15, 0.2) is 0 Å². The third kappa shape index (κ3) is 2.44. The molecule has 0 aromatic carbocycles. The van der Waals surface area contributed by atoms with Gasteiger partial charge < -0.3 is 5.32 Å². The Bertz CT molecular complexity index is 530. The molecule has 1 aromatic rings. The highest BCUT2D eigenvalue weighted by Crippen LogP contribution is 2.61. The molecule has 1 N–H and O–H groups in total. The highest BCUT2D eigenvalue weighted by molar-refractivity contribution is 7.80. The van der Waals surface area contributed by atoms with E-state index in [0.29, 0.717) is 11.5 Å². The maximum absolute atomic E-state index is 12.4. The zero-order chi connectivity index (χ0) is 14.6. The topological polar surface area (TPSA) is 29.1 Å². The summed E-state index contributed by atoms with van der Waals surface area (Å²) in [7, 11) is 0. The largest absolute Gasteiger partial charge is 0.348 e. The molecule has 4 saturated carbocycles. The Morgan fingerprint density at radius 3 is 2.33 bits per heavy atom. The molecule has 21 heavy (non-hydrogen) atoms.